The number of rotatable bonds is 13. The molecule has 0 fully saturated rings. The van der Waals surface area contributed by atoms with Gasteiger partial charge in [0.2, 0.25) is 17.7 Å². The fourth-order valence-electron chi connectivity index (χ4n) is 2.62. The second kappa shape index (κ2) is 13.3. The molecule has 3 atom stereocenters. The normalized spacial score (nSPS) is 13.6. The molecule has 0 aliphatic carbocycles. The third kappa shape index (κ3) is 9.48. The predicted octanol–water partition coefficient (Wildman–Crippen LogP) is -1.12. The van der Waals surface area contributed by atoms with Crippen LogP contribution in [0.15, 0.2) is 30.3 Å². The molecule has 10 heteroatoms. The van der Waals surface area contributed by atoms with Crippen molar-refractivity contribution in [2.24, 2.45) is 11.5 Å². The van der Waals surface area contributed by atoms with E-state index in [2.05, 4.69) is 16.0 Å². The van der Waals surface area contributed by atoms with Crippen molar-refractivity contribution >= 4 is 23.7 Å². The molecule has 3 unspecified atom stereocenters. The molecule has 3 amide bonds. The molecule has 30 heavy (non-hydrogen) atoms. The minimum atomic E-state index is -1.19. The number of nitrogens with one attached hydrogen (secondary N) is 3. The van der Waals surface area contributed by atoms with Crippen molar-refractivity contribution in [1.29, 1.82) is 0 Å². The maximum absolute atomic E-state index is 12.6. The van der Waals surface area contributed by atoms with Crippen molar-refractivity contribution in [3.8, 4) is 0 Å². The number of hydrogen-bond donors (Lipinski definition) is 6. The van der Waals surface area contributed by atoms with E-state index in [1.54, 1.807) is 0 Å². The summed E-state index contributed by atoms with van der Waals surface area (Å²) in [5, 5.41) is 16.1. The van der Waals surface area contributed by atoms with E-state index in [0.29, 0.717) is 19.4 Å². The Morgan fingerprint density at radius 3 is 2.30 bits per heavy atom. The van der Waals surface area contributed by atoms with Gasteiger partial charge in [-0.25, -0.2) is 0 Å². The smallest absolute Gasteiger partial charge is 0.325 e. The van der Waals surface area contributed by atoms with Gasteiger partial charge < -0.3 is 32.5 Å². The van der Waals surface area contributed by atoms with Gasteiger partial charge in [0.1, 0.15) is 12.1 Å². The molecule has 0 saturated heterocycles. The third-order valence-corrected chi connectivity index (χ3v) is 4.39. The molecule has 0 aliphatic rings. The number of carbonyl (C=O) groups is 4. The highest BCUT2D eigenvalue weighted by molar-refractivity contribution is 5.92. The first-order valence-electron chi connectivity index (χ1n) is 9.84. The van der Waals surface area contributed by atoms with Gasteiger partial charge in [0.15, 0.2) is 0 Å². The predicted molar refractivity (Wildman–Crippen MR) is 111 cm³/mol. The quantitative estimate of drug-likeness (QED) is 0.218. The summed E-state index contributed by atoms with van der Waals surface area (Å²) in [7, 11) is 0. The zero-order valence-corrected chi connectivity index (χ0v) is 17.1. The van der Waals surface area contributed by atoms with Gasteiger partial charge in [-0.05, 0) is 31.9 Å². The van der Waals surface area contributed by atoms with Gasteiger partial charge in [-0.2, -0.15) is 0 Å². The van der Waals surface area contributed by atoms with Gasteiger partial charge in [-0.15, -0.1) is 0 Å². The van der Waals surface area contributed by atoms with E-state index < -0.39 is 48.4 Å². The van der Waals surface area contributed by atoms with Crippen LogP contribution in [0.1, 0.15) is 31.7 Å². The molecular formula is C20H31N5O5. The first-order valence-corrected chi connectivity index (χ1v) is 9.84. The van der Waals surface area contributed by atoms with Gasteiger partial charge in [-0.1, -0.05) is 36.8 Å². The van der Waals surface area contributed by atoms with Crippen molar-refractivity contribution in [1.82, 2.24) is 16.0 Å². The fourth-order valence-corrected chi connectivity index (χ4v) is 2.62. The molecule has 10 nitrogen and oxygen atoms in total. The maximum Gasteiger partial charge on any atom is 0.325 e. The summed E-state index contributed by atoms with van der Waals surface area (Å²) in [6.07, 6.45) is 2.10. The number of nitrogens with two attached hydrogens (primary N) is 2. The van der Waals surface area contributed by atoms with Crippen LogP contribution in [0.3, 0.4) is 0 Å². The average molecular weight is 421 g/mol. The second-order valence-corrected chi connectivity index (χ2v) is 6.99. The molecule has 8 N–H and O–H groups in total. The standard InChI is InChI=1S/C20H31N5O5/c1-13(20(29)30)24-17(26)12-23-19(28)16(11-14-7-3-2-4-8-14)25-18(27)15(22)9-5-6-10-21/h2-4,7-8,13,15-16H,5-6,9-12,21-22H2,1H3,(H,23,28)(H,24,26)(H,25,27)(H,29,30). The van der Waals surface area contributed by atoms with Crippen molar-refractivity contribution in [2.45, 2.75) is 50.7 Å². The number of carbonyl (C=O) groups excluding carboxylic acids is 3. The van der Waals surface area contributed by atoms with Crippen LogP contribution < -0.4 is 27.4 Å². The molecular weight excluding hydrogens is 390 g/mol. The van der Waals surface area contributed by atoms with Gasteiger partial charge in [0, 0.05) is 6.42 Å². The van der Waals surface area contributed by atoms with Gasteiger partial charge in [0.25, 0.3) is 0 Å². The summed E-state index contributed by atoms with van der Waals surface area (Å²) in [6.45, 7) is 1.41. The van der Waals surface area contributed by atoms with E-state index >= 15 is 0 Å². The zero-order valence-electron chi connectivity index (χ0n) is 17.1. The topological polar surface area (TPSA) is 177 Å². The zero-order chi connectivity index (χ0) is 22.5. The van der Waals surface area contributed by atoms with Crippen LogP contribution in [0.4, 0.5) is 0 Å². The van der Waals surface area contributed by atoms with Crippen LogP contribution >= 0.6 is 0 Å². The Balaban J connectivity index is 2.72. The molecule has 0 saturated carbocycles. The van der Waals surface area contributed by atoms with Gasteiger partial charge in [-0.3, -0.25) is 19.2 Å². The summed E-state index contributed by atoms with van der Waals surface area (Å²) < 4.78 is 0. The minimum Gasteiger partial charge on any atom is -0.480 e. The third-order valence-electron chi connectivity index (χ3n) is 4.39. The largest absolute Gasteiger partial charge is 0.480 e. The summed E-state index contributed by atoms with van der Waals surface area (Å²) >= 11 is 0. The molecule has 0 aromatic heterocycles. The summed E-state index contributed by atoms with van der Waals surface area (Å²) in [5.74, 6) is -2.87. The number of unbranched alkanes of at least 4 members (excludes halogenated alkanes) is 1. The lowest BCUT2D eigenvalue weighted by molar-refractivity contribution is -0.141. The van der Waals surface area contributed by atoms with Crippen molar-refractivity contribution in [3.63, 3.8) is 0 Å². The number of amides is 3. The van der Waals surface area contributed by atoms with Gasteiger partial charge in [0.05, 0.1) is 12.6 Å². The van der Waals surface area contributed by atoms with Crippen molar-refractivity contribution < 1.29 is 24.3 Å². The molecule has 1 rings (SSSR count). The molecule has 0 spiro atoms. The number of benzene rings is 1. The molecule has 166 valence electrons. The van der Waals surface area contributed by atoms with E-state index in [1.807, 2.05) is 30.3 Å². The van der Waals surface area contributed by atoms with E-state index in [9.17, 15) is 19.2 Å². The lowest BCUT2D eigenvalue weighted by atomic mass is 10.0. The number of hydrogen-bond acceptors (Lipinski definition) is 6. The Bertz CT molecular complexity index is 713. The van der Waals surface area contributed by atoms with Gasteiger partial charge >= 0.3 is 5.97 Å². The highest BCUT2D eigenvalue weighted by atomic mass is 16.4. The van der Waals surface area contributed by atoms with E-state index in [-0.39, 0.29) is 6.42 Å². The highest BCUT2D eigenvalue weighted by Crippen LogP contribution is 2.05. The lowest BCUT2D eigenvalue weighted by Crippen LogP contribution is -2.54. The van der Waals surface area contributed by atoms with Crippen molar-refractivity contribution in [2.75, 3.05) is 13.1 Å². The molecule has 0 bridgehead atoms. The summed E-state index contributed by atoms with van der Waals surface area (Å²) in [4.78, 5) is 47.6. The fraction of sp³-hybridized carbons (Fsp3) is 0.500. The average Bonchev–Trinajstić information content (AvgIpc) is 2.72. The van der Waals surface area contributed by atoms with Crippen LogP contribution in [0, 0.1) is 0 Å². The van der Waals surface area contributed by atoms with Crippen LogP contribution in [0.25, 0.3) is 0 Å². The Morgan fingerprint density at radius 2 is 1.70 bits per heavy atom. The van der Waals surface area contributed by atoms with E-state index in [1.165, 1.54) is 6.92 Å². The first kappa shape index (κ1) is 25.1. The Morgan fingerprint density at radius 1 is 1.03 bits per heavy atom. The number of carboxylic acids is 1. The maximum atomic E-state index is 12.6. The van der Waals surface area contributed by atoms with E-state index in [4.69, 9.17) is 16.6 Å². The van der Waals surface area contributed by atoms with Crippen molar-refractivity contribution in [3.05, 3.63) is 35.9 Å². The van der Waals surface area contributed by atoms with Crippen LogP contribution in [0.5, 0.6) is 0 Å². The Kier molecular flexibility index (Phi) is 11.1. The molecule has 1 aromatic rings. The summed E-state index contributed by atoms with van der Waals surface area (Å²) in [6, 6.07) is 6.28. The van der Waals surface area contributed by atoms with Crippen LogP contribution in [-0.2, 0) is 25.6 Å². The summed E-state index contributed by atoms with van der Waals surface area (Å²) in [5.41, 5.74) is 12.2. The number of aliphatic carboxylic acids is 1. The Hall–Kier alpha value is -2.98. The van der Waals surface area contributed by atoms with Crippen LogP contribution in [0.2, 0.25) is 0 Å². The second-order valence-electron chi connectivity index (χ2n) is 6.99. The van der Waals surface area contributed by atoms with Crippen LogP contribution in [-0.4, -0.2) is 60.0 Å². The monoisotopic (exact) mass is 421 g/mol. The lowest BCUT2D eigenvalue weighted by Gasteiger charge is -2.21. The SMILES string of the molecule is CC(NC(=O)CNC(=O)C(Cc1ccccc1)NC(=O)C(N)CCCCN)C(=O)O. The molecule has 0 radical (unpaired) electrons. The molecule has 0 heterocycles. The highest BCUT2D eigenvalue weighted by Gasteiger charge is 2.24. The molecule has 0 aliphatic heterocycles. The minimum absolute atomic E-state index is 0.209. The Labute approximate surface area is 175 Å². The molecule has 1 aromatic carbocycles. The number of carboxylic acid groups (broad SMARTS) is 1. The first-order chi connectivity index (χ1) is 14.2. The van der Waals surface area contributed by atoms with E-state index in [0.717, 1.165) is 12.0 Å².